The summed E-state index contributed by atoms with van der Waals surface area (Å²) in [5.41, 5.74) is 1.76. The van der Waals surface area contributed by atoms with E-state index in [2.05, 4.69) is 10.6 Å². The quantitative estimate of drug-likeness (QED) is 0.767. The van der Waals surface area contributed by atoms with Crippen molar-refractivity contribution in [1.82, 2.24) is 5.32 Å². The third-order valence-corrected chi connectivity index (χ3v) is 8.37. The summed E-state index contributed by atoms with van der Waals surface area (Å²) in [7, 11) is -3.09. The van der Waals surface area contributed by atoms with Crippen molar-refractivity contribution in [3.8, 4) is 0 Å². The molecule has 1 aliphatic heterocycles. The second kappa shape index (κ2) is 7.50. The number of carbonyl (C=O) groups is 2. The zero-order valence-corrected chi connectivity index (χ0v) is 17.3. The van der Waals surface area contributed by atoms with Crippen LogP contribution in [0.1, 0.15) is 44.0 Å². The second-order valence-corrected chi connectivity index (χ2v) is 10.8. The van der Waals surface area contributed by atoms with E-state index in [1.807, 2.05) is 0 Å². The molecule has 1 aliphatic carbocycles. The topological polar surface area (TPSA) is 92.3 Å². The third-order valence-electron chi connectivity index (χ3n) is 5.06. The molecule has 0 saturated carbocycles. The first-order valence-corrected chi connectivity index (χ1v) is 12.1. The van der Waals surface area contributed by atoms with Crippen molar-refractivity contribution in [2.45, 2.75) is 31.7 Å². The lowest BCUT2D eigenvalue weighted by Crippen LogP contribution is -2.36. The highest BCUT2D eigenvalue weighted by atomic mass is 35.5. The van der Waals surface area contributed by atoms with Crippen molar-refractivity contribution in [3.05, 3.63) is 50.9 Å². The molecule has 2 aromatic rings. The molecule has 0 radical (unpaired) electrons. The molecular formula is C19H19ClN2O4S2. The Kier molecular flexibility index (Phi) is 5.20. The Balaban J connectivity index is 1.60. The van der Waals surface area contributed by atoms with Crippen LogP contribution in [0.25, 0.3) is 0 Å². The Morgan fingerprint density at radius 3 is 2.64 bits per heavy atom. The van der Waals surface area contributed by atoms with Gasteiger partial charge in [-0.2, -0.15) is 0 Å². The summed E-state index contributed by atoms with van der Waals surface area (Å²) in [6.45, 7) is 0. The summed E-state index contributed by atoms with van der Waals surface area (Å²) in [6, 6.07) is 6.35. The van der Waals surface area contributed by atoms with Crippen LogP contribution in [-0.2, 0) is 22.7 Å². The van der Waals surface area contributed by atoms with Gasteiger partial charge in [-0.3, -0.25) is 9.59 Å². The van der Waals surface area contributed by atoms with Crippen LogP contribution in [0.5, 0.6) is 0 Å². The average Bonchev–Trinajstić information content (AvgIpc) is 3.29. The molecule has 0 spiro atoms. The number of anilines is 1. The Morgan fingerprint density at radius 2 is 1.93 bits per heavy atom. The van der Waals surface area contributed by atoms with Gasteiger partial charge in [-0.05, 0) is 43.4 Å². The second-order valence-electron chi connectivity index (χ2n) is 7.07. The number of thiophene rings is 1. The van der Waals surface area contributed by atoms with E-state index in [0.29, 0.717) is 27.6 Å². The maximum absolute atomic E-state index is 13.0. The molecule has 6 nitrogen and oxygen atoms in total. The zero-order chi connectivity index (χ0) is 19.9. The Labute approximate surface area is 172 Å². The summed E-state index contributed by atoms with van der Waals surface area (Å²) in [5.74, 6) is -0.638. The van der Waals surface area contributed by atoms with Gasteiger partial charge in [0.05, 0.1) is 27.7 Å². The van der Waals surface area contributed by atoms with Crippen molar-refractivity contribution in [2.24, 2.45) is 0 Å². The molecule has 1 unspecified atom stereocenters. The minimum Gasteiger partial charge on any atom is -0.348 e. The molecule has 1 aromatic heterocycles. The van der Waals surface area contributed by atoms with Gasteiger partial charge in [0.25, 0.3) is 11.8 Å². The zero-order valence-electron chi connectivity index (χ0n) is 15.0. The molecule has 9 heteroatoms. The van der Waals surface area contributed by atoms with Crippen molar-refractivity contribution < 1.29 is 18.0 Å². The summed E-state index contributed by atoms with van der Waals surface area (Å²) < 4.78 is 23.4. The molecule has 2 aliphatic rings. The van der Waals surface area contributed by atoms with Crippen LogP contribution in [-0.4, -0.2) is 37.8 Å². The average molecular weight is 439 g/mol. The number of rotatable bonds is 4. The van der Waals surface area contributed by atoms with Crippen LogP contribution in [0, 0.1) is 0 Å². The van der Waals surface area contributed by atoms with Gasteiger partial charge in [-0.15, -0.1) is 11.3 Å². The van der Waals surface area contributed by atoms with E-state index < -0.39 is 9.84 Å². The number of fused-ring (bicyclic) bond motifs is 1. The number of halogens is 1. The highest BCUT2D eigenvalue weighted by Gasteiger charge is 2.32. The summed E-state index contributed by atoms with van der Waals surface area (Å²) >= 11 is 7.52. The number of nitrogens with one attached hydrogen (secondary N) is 2. The van der Waals surface area contributed by atoms with Crippen molar-refractivity contribution in [2.75, 3.05) is 16.8 Å². The fourth-order valence-electron chi connectivity index (χ4n) is 3.71. The lowest BCUT2D eigenvalue weighted by atomic mass is 10.1. The molecule has 1 saturated heterocycles. The summed E-state index contributed by atoms with van der Waals surface area (Å²) in [4.78, 5) is 26.7. The number of benzene rings is 1. The lowest BCUT2D eigenvalue weighted by Gasteiger charge is -2.13. The number of carbonyl (C=O) groups excluding carboxylic acids is 2. The summed E-state index contributed by atoms with van der Waals surface area (Å²) in [5, 5.41) is 6.51. The maximum atomic E-state index is 13.0. The number of amides is 2. The van der Waals surface area contributed by atoms with Crippen molar-refractivity contribution in [3.63, 3.8) is 0 Å². The highest BCUT2D eigenvalue weighted by molar-refractivity contribution is 7.91. The smallest absolute Gasteiger partial charge is 0.257 e. The molecule has 2 heterocycles. The van der Waals surface area contributed by atoms with Crippen LogP contribution in [0.4, 0.5) is 5.00 Å². The molecule has 1 aromatic carbocycles. The lowest BCUT2D eigenvalue weighted by molar-refractivity contribution is 0.0941. The van der Waals surface area contributed by atoms with Crippen molar-refractivity contribution in [1.29, 1.82) is 0 Å². The minimum atomic E-state index is -3.09. The van der Waals surface area contributed by atoms with E-state index in [1.165, 1.54) is 11.3 Å². The number of hydrogen-bond acceptors (Lipinski definition) is 5. The molecule has 2 amide bonds. The van der Waals surface area contributed by atoms with Gasteiger partial charge in [0.1, 0.15) is 5.00 Å². The van der Waals surface area contributed by atoms with Gasteiger partial charge in [0, 0.05) is 10.9 Å². The highest BCUT2D eigenvalue weighted by Crippen LogP contribution is 2.39. The van der Waals surface area contributed by atoms with E-state index >= 15 is 0 Å². The van der Waals surface area contributed by atoms with E-state index in [9.17, 15) is 18.0 Å². The first-order valence-electron chi connectivity index (χ1n) is 9.06. The van der Waals surface area contributed by atoms with Gasteiger partial charge in [0.15, 0.2) is 9.84 Å². The van der Waals surface area contributed by atoms with E-state index in [4.69, 9.17) is 11.6 Å². The largest absolute Gasteiger partial charge is 0.348 e. The maximum Gasteiger partial charge on any atom is 0.257 e. The van der Waals surface area contributed by atoms with Gasteiger partial charge in [0.2, 0.25) is 0 Å². The van der Waals surface area contributed by atoms with Crippen LogP contribution < -0.4 is 10.6 Å². The number of sulfone groups is 1. The van der Waals surface area contributed by atoms with Crippen LogP contribution >= 0.6 is 22.9 Å². The molecule has 4 rings (SSSR count). The standard InChI is InChI=1S/C19H19ClN2O4S2/c20-14-6-2-1-4-12(14)17(23)22-19-16(13-5-3-7-15(13)27-19)18(24)21-11-8-9-28(25,26)10-11/h1-2,4,6,11H,3,5,7-10H2,(H,21,24)(H,22,23). The van der Waals surface area contributed by atoms with Crippen molar-refractivity contribution >= 4 is 49.6 Å². The predicted octanol–water partition coefficient (Wildman–Crippen LogP) is 3.06. The monoisotopic (exact) mass is 438 g/mol. The number of aryl methyl sites for hydroxylation is 1. The molecular weight excluding hydrogens is 420 g/mol. The van der Waals surface area contributed by atoms with Crippen LogP contribution in [0.2, 0.25) is 5.02 Å². The van der Waals surface area contributed by atoms with E-state index in [0.717, 1.165) is 29.7 Å². The molecule has 148 valence electrons. The van der Waals surface area contributed by atoms with Gasteiger partial charge < -0.3 is 10.6 Å². The minimum absolute atomic E-state index is 0.0353. The van der Waals surface area contributed by atoms with Crippen LogP contribution in [0.15, 0.2) is 24.3 Å². The van der Waals surface area contributed by atoms with E-state index in [1.54, 1.807) is 24.3 Å². The van der Waals surface area contributed by atoms with Crippen LogP contribution in [0.3, 0.4) is 0 Å². The normalized spacial score (nSPS) is 20.0. The Bertz CT molecular complexity index is 1060. The first-order chi connectivity index (χ1) is 13.3. The fourth-order valence-corrected chi connectivity index (χ4v) is 6.89. The van der Waals surface area contributed by atoms with Gasteiger partial charge >= 0.3 is 0 Å². The SMILES string of the molecule is O=C(Nc1sc2c(c1C(=O)NC1CCS(=O)(=O)C1)CCC2)c1ccccc1Cl. The number of hydrogen-bond donors (Lipinski definition) is 2. The Hall–Kier alpha value is -1.90. The Morgan fingerprint density at radius 1 is 1.14 bits per heavy atom. The third kappa shape index (κ3) is 3.81. The predicted molar refractivity (Wildman–Crippen MR) is 110 cm³/mol. The molecule has 1 atom stereocenters. The van der Waals surface area contributed by atoms with Gasteiger partial charge in [-0.1, -0.05) is 23.7 Å². The molecule has 0 bridgehead atoms. The van der Waals surface area contributed by atoms with Gasteiger partial charge in [-0.25, -0.2) is 8.42 Å². The summed E-state index contributed by atoms with van der Waals surface area (Å²) in [6.07, 6.45) is 3.04. The fraction of sp³-hybridized carbons (Fsp3) is 0.368. The van der Waals surface area contributed by atoms with E-state index in [-0.39, 0.29) is 29.4 Å². The molecule has 2 N–H and O–H groups in total. The first kappa shape index (κ1) is 19.4. The molecule has 1 fully saturated rings. The molecule has 28 heavy (non-hydrogen) atoms.